The van der Waals surface area contributed by atoms with Crippen LogP contribution in [0, 0.1) is 18.3 Å². The molecule has 0 aliphatic carbocycles. The van der Waals surface area contributed by atoms with E-state index in [0.717, 1.165) is 11.1 Å². The van der Waals surface area contributed by atoms with E-state index < -0.39 is 11.9 Å². The standard InChI is InChI=1S/C23H22F2N6O2/c1-13-10-15(14(2)28-16-4-3-7-27-20(16)22(32)33)19-17(11-13)29-18(12-26)21(30-19)31-8-5-23(24,25)6-9-31/h3-4,7,10-11,14,28H,5-6,8-9H2,1-2H3,(H,32,33)/t14-/m1/s1. The van der Waals surface area contributed by atoms with Gasteiger partial charge in [-0.15, -0.1) is 0 Å². The normalized spacial score (nSPS) is 16.3. The van der Waals surface area contributed by atoms with Gasteiger partial charge in [0.25, 0.3) is 5.92 Å². The third-order valence-corrected chi connectivity index (χ3v) is 5.67. The van der Waals surface area contributed by atoms with E-state index in [1.165, 1.54) is 6.20 Å². The summed E-state index contributed by atoms with van der Waals surface area (Å²) < 4.78 is 27.3. The van der Waals surface area contributed by atoms with Crippen molar-refractivity contribution in [1.82, 2.24) is 15.0 Å². The SMILES string of the molecule is Cc1cc([C@@H](C)Nc2cccnc2C(=O)O)c2nc(N3CCC(F)(F)CC3)c(C#N)nc2c1. The first-order valence-corrected chi connectivity index (χ1v) is 10.5. The topological polar surface area (TPSA) is 115 Å². The molecule has 1 aliphatic heterocycles. The third kappa shape index (κ3) is 4.53. The highest BCUT2D eigenvalue weighted by atomic mass is 19.3. The lowest BCUT2D eigenvalue weighted by molar-refractivity contribution is -0.0221. The number of aromatic carboxylic acids is 1. The maximum absolute atomic E-state index is 13.7. The minimum Gasteiger partial charge on any atom is -0.476 e. The van der Waals surface area contributed by atoms with E-state index >= 15 is 0 Å². The first kappa shape index (κ1) is 22.3. The summed E-state index contributed by atoms with van der Waals surface area (Å²) in [7, 11) is 0. The van der Waals surface area contributed by atoms with Crippen LogP contribution in [0.1, 0.15) is 53.1 Å². The number of hydrogen-bond donors (Lipinski definition) is 2. The third-order valence-electron chi connectivity index (χ3n) is 5.67. The van der Waals surface area contributed by atoms with Crippen molar-refractivity contribution in [1.29, 1.82) is 5.26 Å². The Morgan fingerprint density at radius 3 is 2.70 bits per heavy atom. The summed E-state index contributed by atoms with van der Waals surface area (Å²) in [5, 5.41) is 22.2. The first-order valence-electron chi connectivity index (χ1n) is 10.5. The summed E-state index contributed by atoms with van der Waals surface area (Å²) in [4.78, 5) is 26.3. The van der Waals surface area contributed by atoms with Gasteiger partial charge in [0.1, 0.15) is 6.07 Å². The van der Waals surface area contributed by atoms with Gasteiger partial charge in [0, 0.05) is 37.7 Å². The number of nitriles is 1. The molecule has 0 saturated carbocycles. The lowest BCUT2D eigenvalue weighted by Gasteiger charge is -2.33. The summed E-state index contributed by atoms with van der Waals surface area (Å²) in [5.41, 5.74) is 3.00. The number of aryl methyl sites for hydroxylation is 1. The fourth-order valence-corrected chi connectivity index (χ4v) is 4.00. The Balaban J connectivity index is 1.77. The minimum atomic E-state index is -2.72. The zero-order valence-electron chi connectivity index (χ0n) is 18.1. The highest BCUT2D eigenvalue weighted by molar-refractivity contribution is 5.92. The van der Waals surface area contributed by atoms with Crippen LogP contribution in [0.5, 0.6) is 0 Å². The first-order chi connectivity index (χ1) is 15.7. The molecular formula is C23H22F2N6O2. The molecule has 4 rings (SSSR count). The van der Waals surface area contributed by atoms with Crippen LogP contribution in [0.25, 0.3) is 11.0 Å². The van der Waals surface area contributed by atoms with Gasteiger partial charge in [-0.25, -0.2) is 28.5 Å². The van der Waals surface area contributed by atoms with Crippen LogP contribution >= 0.6 is 0 Å². The molecule has 1 aromatic carbocycles. The van der Waals surface area contributed by atoms with Crippen molar-refractivity contribution in [2.45, 2.75) is 38.7 Å². The maximum Gasteiger partial charge on any atom is 0.356 e. The van der Waals surface area contributed by atoms with Crippen molar-refractivity contribution < 1.29 is 18.7 Å². The molecule has 1 atom stereocenters. The molecule has 0 radical (unpaired) electrons. The number of carboxylic acids is 1. The van der Waals surface area contributed by atoms with E-state index in [2.05, 4.69) is 15.3 Å². The van der Waals surface area contributed by atoms with Crippen LogP contribution in [0.2, 0.25) is 0 Å². The number of piperidine rings is 1. The summed E-state index contributed by atoms with van der Waals surface area (Å²) in [5.74, 6) is -3.59. The Morgan fingerprint density at radius 2 is 2.03 bits per heavy atom. The molecule has 0 unspecified atom stereocenters. The van der Waals surface area contributed by atoms with Crippen molar-refractivity contribution in [2.24, 2.45) is 0 Å². The van der Waals surface area contributed by atoms with Gasteiger partial charge < -0.3 is 15.3 Å². The highest BCUT2D eigenvalue weighted by Gasteiger charge is 2.35. The minimum absolute atomic E-state index is 0.0779. The van der Waals surface area contributed by atoms with Crippen LogP contribution in [0.3, 0.4) is 0 Å². The fourth-order valence-electron chi connectivity index (χ4n) is 4.00. The number of rotatable bonds is 5. The van der Waals surface area contributed by atoms with Crippen LogP contribution in [-0.4, -0.2) is 45.0 Å². The van der Waals surface area contributed by atoms with E-state index in [-0.39, 0.29) is 49.2 Å². The number of fused-ring (bicyclic) bond motifs is 1. The molecule has 1 saturated heterocycles. The molecule has 0 amide bonds. The molecule has 170 valence electrons. The van der Waals surface area contributed by atoms with E-state index in [1.807, 2.05) is 26.0 Å². The molecule has 8 nitrogen and oxygen atoms in total. The van der Waals surface area contributed by atoms with Gasteiger partial charge in [-0.05, 0) is 37.6 Å². The van der Waals surface area contributed by atoms with E-state index in [1.54, 1.807) is 23.1 Å². The monoisotopic (exact) mass is 452 g/mol. The van der Waals surface area contributed by atoms with Crippen LogP contribution in [0.4, 0.5) is 20.3 Å². The molecule has 2 N–H and O–H groups in total. The lowest BCUT2D eigenvalue weighted by Crippen LogP contribution is -2.40. The van der Waals surface area contributed by atoms with Gasteiger partial charge in [-0.2, -0.15) is 5.26 Å². The Morgan fingerprint density at radius 1 is 1.30 bits per heavy atom. The molecule has 1 aliphatic rings. The zero-order valence-corrected chi connectivity index (χ0v) is 18.1. The Labute approximate surface area is 188 Å². The van der Waals surface area contributed by atoms with E-state index in [9.17, 15) is 23.9 Å². The number of hydrogen-bond acceptors (Lipinski definition) is 7. The summed E-state index contributed by atoms with van der Waals surface area (Å²) in [6.45, 7) is 3.90. The van der Waals surface area contributed by atoms with Crippen molar-refractivity contribution in [3.05, 3.63) is 53.0 Å². The molecule has 1 fully saturated rings. The molecule has 3 heterocycles. The van der Waals surface area contributed by atoms with Gasteiger partial charge >= 0.3 is 5.97 Å². The number of halogens is 2. The number of carboxylic acid groups (broad SMARTS) is 1. The number of anilines is 2. The van der Waals surface area contributed by atoms with E-state index in [0.29, 0.717) is 16.7 Å². The molecular weight excluding hydrogens is 430 g/mol. The smallest absolute Gasteiger partial charge is 0.356 e. The Hall–Kier alpha value is -3.87. The molecule has 33 heavy (non-hydrogen) atoms. The number of pyridine rings is 1. The van der Waals surface area contributed by atoms with Crippen LogP contribution < -0.4 is 10.2 Å². The number of alkyl halides is 2. The number of aromatic nitrogens is 3. The predicted octanol–water partition coefficient (Wildman–Crippen LogP) is 4.31. The lowest BCUT2D eigenvalue weighted by atomic mass is 10.0. The van der Waals surface area contributed by atoms with Gasteiger partial charge in [0.15, 0.2) is 17.2 Å². The number of nitrogens with one attached hydrogen (secondary N) is 1. The van der Waals surface area contributed by atoms with Crippen molar-refractivity contribution in [3.63, 3.8) is 0 Å². The second-order valence-corrected chi connectivity index (χ2v) is 8.14. The molecule has 3 aromatic rings. The molecule has 0 spiro atoms. The summed E-state index contributed by atoms with van der Waals surface area (Å²) in [6, 6.07) is 8.64. The highest BCUT2D eigenvalue weighted by Crippen LogP contribution is 2.33. The van der Waals surface area contributed by atoms with Crippen molar-refractivity contribution >= 4 is 28.5 Å². The Bertz CT molecular complexity index is 1260. The van der Waals surface area contributed by atoms with Crippen LogP contribution in [0.15, 0.2) is 30.5 Å². The number of carbonyl (C=O) groups is 1. The Kier molecular flexibility index (Phi) is 5.80. The van der Waals surface area contributed by atoms with E-state index in [4.69, 9.17) is 4.98 Å². The largest absolute Gasteiger partial charge is 0.476 e. The van der Waals surface area contributed by atoms with Gasteiger partial charge in [0.05, 0.1) is 22.8 Å². The van der Waals surface area contributed by atoms with Gasteiger partial charge in [0.2, 0.25) is 0 Å². The number of nitrogens with zero attached hydrogens (tertiary/aromatic N) is 5. The average Bonchev–Trinajstić information content (AvgIpc) is 2.78. The predicted molar refractivity (Wildman–Crippen MR) is 119 cm³/mol. The second-order valence-electron chi connectivity index (χ2n) is 8.14. The average molecular weight is 452 g/mol. The molecule has 2 aromatic heterocycles. The van der Waals surface area contributed by atoms with Gasteiger partial charge in [-0.3, -0.25) is 0 Å². The molecule has 10 heteroatoms. The van der Waals surface area contributed by atoms with Crippen molar-refractivity contribution in [2.75, 3.05) is 23.3 Å². The van der Waals surface area contributed by atoms with Crippen LogP contribution in [-0.2, 0) is 0 Å². The number of benzene rings is 1. The fraction of sp³-hybridized carbons (Fsp3) is 0.348. The second kappa shape index (κ2) is 8.58. The summed E-state index contributed by atoms with van der Waals surface area (Å²) in [6.07, 6.45) is 0.787. The molecule has 0 bridgehead atoms. The zero-order chi connectivity index (χ0) is 23.8. The quantitative estimate of drug-likeness (QED) is 0.588. The van der Waals surface area contributed by atoms with Crippen molar-refractivity contribution in [3.8, 4) is 6.07 Å². The van der Waals surface area contributed by atoms with Gasteiger partial charge in [-0.1, -0.05) is 6.07 Å². The maximum atomic E-state index is 13.7. The summed E-state index contributed by atoms with van der Waals surface area (Å²) >= 11 is 0.